The molecule has 9 nitrogen and oxygen atoms in total. The Balaban J connectivity index is 1.28. The van der Waals surface area contributed by atoms with Crippen molar-refractivity contribution < 1.29 is 23.7 Å². The van der Waals surface area contributed by atoms with E-state index in [0.29, 0.717) is 28.0 Å². The summed E-state index contributed by atoms with van der Waals surface area (Å²) < 4.78 is 5.17. The van der Waals surface area contributed by atoms with Crippen LogP contribution in [0.15, 0.2) is 40.9 Å². The molecule has 3 heterocycles. The Bertz CT molecular complexity index is 1300. The van der Waals surface area contributed by atoms with Crippen molar-refractivity contribution in [2.45, 2.75) is 32.0 Å². The van der Waals surface area contributed by atoms with E-state index in [-0.39, 0.29) is 37.0 Å². The molecule has 1 aromatic heterocycles. The van der Waals surface area contributed by atoms with E-state index in [0.717, 1.165) is 11.1 Å². The molecule has 0 radical (unpaired) electrons. The number of carbonyl (C=O) groups is 4. The number of nitrogens with zero attached hydrogens (tertiary/aromatic N) is 2. The second kappa shape index (κ2) is 7.76. The molecule has 5 rings (SSSR count). The van der Waals surface area contributed by atoms with Gasteiger partial charge in [-0.05, 0) is 35.7 Å². The number of benzene rings is 2. The fourth-order valence-electron chi connectivity index (χ4n) is 4.08. The lowest BCUT2D eigenvalue weighted by atomic mass is 10.0. The van der Waals surface area contributed by atoms with E-state index < -0.39 is 17.9 Å². The lowest BCUT2D eigenvalue weighted by molar-refractivity contribution is -0.136. The normalized spacial score (nSPS) is 18.1. The minimum Gasteiger partial charge on any atom is -0.355 e. The molecular weight excluding hydrogens is 436 g/mol. The number of amides is 4. The summed E-state index contributed by atoms with van der Waals surface area (Å²) in [6.07, 6.45) is 0.515. The molecule has 162 valence electrons. The standard InChI is InChI=1S/C22H17ClN4O5/c23-13-2-4-15-17(8-13)32-26-19(15)21(30)24-9-11-1-3-14-12(7-11)10-27(22(14)31)16-5-6-18(28)25-20(16)29/h1-4,7-8,16H,5-6,9-10H2,(H,24,30)(H,25,28,29). The highest BCUT2D eigenvalue weighted by Crippen LogP contribution is 2.28. The number of piperidine rings is 1. The van der Waals surface area contributed by atoms with Crippen LogP contribution in [0.5, 0.6) is 0 Å². The van der Waals surface area contributed by atoms with Gasteiger partial charge in [-0.2, -0.15) is 0 Å². The number of aromatic nitrogens is 1. The molecule has 4 amide bonds. The van der Waals surface area contributed by atoms with E-state index >= 15 is 0 Å². The van der Waals surface area contributed by atoms with E-state index in [9.17, 15) is 19.2 Å². The summed E-state index contributed by atoms with van der Waals surface area (Å²) in [6, 6.07) is 9.54. The molecule has 3 aromatic rings. The Kier molecular flexibility index (Phi) is 4.90. The average Bonchev–Trinajstić information content (AvgIpc) is 3.32. The van der Waals surface area contributed by atoms with Crippen molar-refractivity contribution >= 4 is 46.2 Å². The molecular formula is C22H17ClN4O5. The minimum absolute atomic E-state index is 0.164. The highest BCUT2D eigenvalue weighted by Gasteiger charge is 2.39. The second-order valence-electron chi connectivity index (χ2n) is 7.75. The van der Waals surface area contributed by atoms with Gasteiger partial charge in [0.25, 0.3) is 11.8 Å². The third-order valence-corrected chi connectivity index (χ3v) is 5.93. The number of halogens is 1. The van der Waals surface area contributed by atoms with Gasteiger partial charge in [-0.1, -0.05) is 28.9 Å². The van der Waals surface area contributed by atoms with Crippen LogP contribution in [0.25, 0.3) is 11.0 Å². The third-order valence-electron chi connectivity index (χ3n) is 5.69. The number of rotatable bonds is 4. The summed E-state index contributed by atoms with van der Waals surface area (Å²) in [5.41, 5.74) is 2.67. The fourth-order valence-corrected chi connectivity index (χ4v) is 4.24. The molecule has 0 aliphatic carbocycles. The first-order chi connectivity index (χ1) is 15.4. The van der Waals surface area contributed by atoms with E-state index in [1.165, 1.54) is 4.90 Å². The first-order valence-electron chi connectivity index (χ1n) is 10.0. The number of carbonyl (C=O) groups excluding carboxylic acids is 4. The summed E-state index contributed by atoms with van der Waals surface area (Å²) in [5.74, 6) is -1.40. The Labute approximate surface area is 186 Å². The molecule has 0 saturated carbocycles. The smallest absolute Gasteiger partial charge is 0.274 e. The number of fused-ring (bicyclic) bond motifs is 2. The zero-order valence-electron chi connectivity index (χ0n) is 16.7. The van der Waals surface area contributed by atoms with Gasteiger partial charge >= 0.3 is 0 Å². The average molecular weight is 453 g/mol. The van der Waals surface area contributed by atoms with Crippen molar-refractivity contribution in [3.05, 3.63) is 63.8 Å². The van der Waals surface area contributed by atoms with Crippen molar-refractivity contribution in [3.8, 4) is 0 Å². The van der Waals surface area contributed by atoms with Crippen LogP contribution in [-0.4, -0.2) is 39.7 Å². The van der Waals surface area contributed by atoms with E-state index in [4.69, 9.17) is 16.1 Å². The molecule has 10 heteroatoms. The molecule has 2 aromatic carbocycles. The monoisotopic (exact) mass is 452 g/mol. The molecule has 32 heavy (non-hydrogen) atoms. The van der Waals surface area contributed by atoms with Crippen LogP contribution in [0.3, 0.4) is 0 Å². The maximum atomic E-state index is 12.8. The molecule has 2 aliphatic rings. The summed E-state index contributed by atoms with van der Waals surface area (Å²) >= 11 is 5.93. The third kappa shape index (κ3) is 3.50. The molecule has 0 spiro atoms. The Morgan fingerprint density at radius 1 is 1.22 bits per heavy atom. The molecule has 1 fully saturated rings. The summed E-state index contributed by atoms with van der Waals surface area (Å²) in [4.78, 5) is 50.4. The van der Waals surface area contributed by atoms with Crippen LogP contribution in [0, 0.1) is 0 Å². The molecule has 1 saturated heterocycles. The summed E-state index contributed by atoms with van der Waals surface area (Å²) in [6.45, 7) is 0.498. The predicted octanol–water partition coefficient (Wildman–Crippen LogP) is 2.17. The van der Waals surface area contributed by atoms with Gasteiger partial charge < -0.3 is 14.7 Å². The van der Waals surface area contributed by atoms with Gasteiger partial charge in [0, 0.05) is 36.2 Å². The van der Waals surface area contributed by atoms with E-state index in [1.807, 2.05) is 6.07 Å². The lowest BCUT2D eigenvalue weighted by Crippen LogP contribution is -2.52. The molecule has 2 N–H and O–H groups in total. The lowest BCUT2D eigenvalue weighted by Gasteiger charge is -2.29. The number of hydrogen-bond acceptors (Lipinski definition) is 6. The van der Waals surface area contributed by atoms with Crippen LogP contribution in [0.4, 0.5) is 0 Å². The maximum absolute atomic E-state index is 12.8. The predicted molar refractivity (Wildman–Crippen MR) is 113 cm³/mol. The molecule has 2 aliphatic heterocycles. The van der Waals surface area contributed by atoms with E-state index in [2.05, 4.69) is 15.8 Å². The topological polar surface area (TPSA) is 122 Å². The first-order valence-corrected chi connectivity index (χ1v) is 10.4. The number of hydrogen-bond donors (Lipinski definition) is 2. The van der Waals surface area contributed by atoms with Gasteiger partial charge in [0.2, 0.25) is 11.8 Å². The minimum atomic E-state index is -0.662. The van der Waals surface area contributed by atoms with Crippen molar-refractivity contribution in [1.82, 2.24) is 20.7 Å². The van der Waals surface area contributed by atoms with Crippen LogP contribution < -0.4 is 10.6 Å². The van der Waals surface area contributed by atoms with Gasteiger partial charge in [0.1, 0.15) is 6.04 Å². The van der Waals surface area contributed by atoms with Crippen LogP contribution in [-0.2, 0) is 22.7 Å². The van der Waals surface area contributed by atoms with Crippen molar-refractivity contribution in [3.63, 3.8) is 0 Å². The SMILES string of the molecule is O=C1CCC(N2Cc3cc(CNC(=O)c4noc5cc(Cl)ccc45)ccc3C2=O)C(=O)N1. The van der Waals surface area contributed by atoms with Gasteiger partial charge in [-0.3, -0.25) is 24.5 Å². The Morgan fingerprint density at radius 3 is 2.88 bits per heavy atom. The quantitative estimate of drug-likeness (QED) is 0.585. The summed E-state index contributed by atoms with van der Waals surface area (Å²) in [5, 5.41) is 9.97. The number of nitrogens with one attached hydrogen (secondary N) is 2. The van der Waals surface area contributed by atoms with Gasteiger partial charge in [0.05, 0.1) is 5.39 Å². The highest BCUT2D eigenvalue weighted by molar-refractivity contribution is 6.31. The zero-order chi connectivity index (χ0) is 22.4. The fraction of sp³-hybridized carbons (Fsp3) is 0.227. The largest absolute Gasteiger partial charge is 0.355 e. The van der Waals surface area contributed by atoms with E-state index in [1.54, 1.807) is 30.3 Å². The Morgan fingerprint density at radius 2 is 2.06 bits per heavy atom. The van der Waals surface area contributed by atoms with Crippen LogP contribution >= 0.6 is 11.6 Å². The van der Waals surface area contributed by atoms with Crippen LogP contribution in [0.1, 0.15) is 44.8 Å². The maximum Gasteiger partial charge on any atom is 0.274 e. The number of imide groups is 1. The highest BCUT2D eigenvalue weighted by atomic mass is 35.5. The molecule has 1 atom stereocenters. The van der Waals surface area contributed by atoms with Gasteiger partial charge in [-0.15, -0.1) is 0 Å². The van der Waals surface area contributed by atoms with Gasteiger partial charge in [0.15, 0.2) is 11.3 Å². The van der Waals surface area contributed by atoms with Crippen molar-refractivity contribution in [2.24, 2.45) is 0 Å². The van der Waals surface area contributed by atoms with Crippen molar-refractivity contribution in [2.75, 3.05) is 0 Å². The first kappa shape index (κ1) is 20.2. The second-order valence-corrected chi connectivity index (χ2v) is 8.18. The summed E-state index contributed by atoms with van der Waals surface area (Å²) in [7, 11) is 0. The molecule has 1 unspecified atom stereocenters. The Hall–Kier alpha value is -3.72. The van der Waals surface area contributed by atoms with Crippen molar-refractivity contribution in [1.29, 1.82) is 0 Å². The van der Waals surface area contributed by atoms with Gasteiger partial charge in [-0.25, -0.2) is 0 Å². The zero-order valence-corrected chi connectivity index (χ0v) is 17.4. The van der Waals surface area contributed by atoms with Crippen LogP contribution in [0.2, 0.25) is 5.02 Å². The molecule has 0 bridgehead atoms.